The first kappa shape index (κ1) is 19.4. The normalized spacial score (nSPS) is 13.9. The Kier molecular flexibility index (Phi) is 6.14. The lowest BCUT2D eigenvalue weighted by atomic mass is 10.0. The monoisotopic (exact) mass is 385 g/mol. The van der Waals surface area contributed by atoms with Gasteiger partial charge in [-0.2, -0.15) is 0 Å². The second-order valence-corrected chi connectivity index (χ2v) is 7.56. The number of halogens is 1. The molecule has 3 rings (SSSR count). The van der Waals surface area contributed by atoms with E-state index in [1.54, 1.807) is 24.3 Å². The number of nitrogens with one attached hydrogen (secondary N) is 3. The molecule has 1 unspecified atom stereocenters. The van der Waals surface area contributed by atoms with Gasteiger partial charge in [-0.05, 0) is 46.9 Å². The van der Waals surface area contributed by atoms with E-state index < -0.39 is 6.04 Å². The van der Waals surface area contributed by atoms with E-state index in [0.717, 1.165) is 18.7 Å². The molecular formula is C21H24ClN3O2. The van der Waals surface area contributed by atoms with Gasteiger partial charge < -0.3 is 16.0 Å². The highest BCUT2D eigenvalue weighted by Gasteiger charge is 2.24. The van der Waals surface area contributed by atoms with Gasteiger partial charge in [-0.3, -0.25) is 9.59 Å². The third-order valence-electron chi connectivity index (χ3n) is 4.71. The van der Waals surface area contributed by atoms with E-state index in [-0.39, 0.29) is 17.7 Å². The Morgan fingerprint density at radius 1 is 1.07 bits per heavy atom. The average molecular weight is 386 g/mol. The molecule has 3 N–H and O–H groups in total. The van der Waals surface area contributed by atoms with Crippen molar-refractivity contribution in [2.24, 2.45) is 5.92 Å². The predicted octanol–water partition coefficient (Wildman–Crippen LogP) is 3.01. The molecule has 27 heavy (non-hydrogen) atoms. The largest absolute Gasteiger partial charge is 0.350 e. The Morgan fingerprint density at radius 3 is 2.48 bits per heavy atom. The minimum absolute atomic E-state index is 0.0366. The molecule has 0 spiro atoms. The van der Waals surface area contributed by atoms with Crippen molar-refractivity contribution in [2.45, 2.75) is 39.5 Å². The van der Waals surface area contributed by atoms with Crippen LogP contribution in [0.5, 0.6) is 0 Å². The van der Waals surface area contributed by atoms with E-state index in [0.29, 0.717) is 17.1 Å². The Labute approximate surface area is 164 Å². The molecule has 2 amide bonds. The maximum absolute atomic E-state index is 12.7. The minimum Gasteiger partial charge on any atom is -0.350 e. The lowest BCUT2D eigenvalue weighted by Gasteiger charge is -2.22. The van der Waals surface area contributed by atoms with Gasteiger partial charge in [0.25, 0.3) is 5.91 Å². The molecule has 1 aliphatic rings. The first-order valence-corrected chi connectivity index (χ1v) is 9.47. The topological polar surface area (TPSA) is 70.2 Å². The zero-order valence-corrected chi connectivity index (χ0v) is 16.3. The number of amides is 2. The van der Waals surface area contributed by atoms with Gasteiger partial charge in [-0.25, -0.2) is 0 Å². The van der Waals surface area contributed by atoms with Gasteiger partial charge in [0.05, 0.1) is 0 Å². The van der Waals surface area contributed by atoms with Crippen molar-refractivity contribution < 1.29 is 9.59 Å². The van der Waals surface area contributed by atoms with Crippen LogP contribution in [0.3, 0.4) is 0 Å². The van der Waals surface area contributed by atoms with Crippen molar-refractivity contribution in [1.29, 1.82) is 0 Å². The molecule has 1 heterocycles. The highest BCUT2D eigenvalue weighted by Crippen LogP contribution is 2.17. The van der Waals surface area contributed by atoms with E-state index in [1.165, 1.54) is 11.1 Å². The highest BCUT2D eigenvalue weighted by atomic mass is 35.5. The number of carbonyl (C=O) groups is 2. The van der Waals surface area contributed by atoms with Crippen LogP contribution in [-0.2, 0) is 24.4 Å². The van der Waals surface area contributed by atoms with Gasteiger partial charge in [0.2, 0.25) is 5.91 Å². The van der Waals surface area contributed by atoms with Crippen LogP contribution >= 0.6 is 11.6 Å². The highest BCUT2D eigenvalue weighted by molar-refractivity contribution is 6.30. The fourth-order valence-electron chi connectivity index (χ4n) is 3.12. The summed E-state index contributed by atoms with van der Waals surface area (Å²) in [4.78, 5) is 25.1. The van der Waals surface area contributed by atoms with Crippen molar-refractivity contribution in [2.75, 3.05) is 0 Å². The second kappa shape index (κ2) is 8.55. The molecule has 5 nitrogen and oxygen atoms in total. The van der Waals surface area contributed by atoms with Crippen molar-refractivity contribution in [3.8, 4) is 0 Å². The molecule has 0 radical (unpaired) electrons. The van der Waals surface area contributed by atoms with Crippen LogP contribution in [0.4, 0.5) is 0 Å². The van der Waals surface area contributed by atoms with Crippen LogP contribution < -0.4 is 16.0 Å². The Morgan fingerprint density at radius 2 is 1.78 bits per heavy atom. The van der Waals surface area contributed by atoms with Gasteiger partial charge in [-0.1, -0.05) is 43.6 Å². The van der Waals surface area contributed by atoms with Gasteiger partial charge in [0.15, 0.2) is 0 Å². The maximum Gasteiger partial charge on any atom is 0.251 e. The zero-order chi connectivity index (χ0) is 19.4. The first-order valence-electron chi connectivity index (χ1n) is 9.09. The molecule has 0 saturated heterocycles. The van der Waals surface area contributed by atoms with Crippen LogP contribution in [0.2, 0.25) is 5.02 Å². The van der Waals surface area contributed by atoms with Gasteiger partial charge in [-0.15, -0.1) is 0 Å². The number of benzene rings is 2. The molecule has 0 bridgehead atoms. The summed E-state index contributed by atoms with van der Waals surface area (Å²) in [5, 5.41) is 9.64. The zero-order valence-electron chi connectivity index (χ0n) is 15.5. The van der Waals surface area contributed by atoms with Crippen LogP contribution in [0.15, 0.2) is 42.5 Å². The predicted molar refractivity (Wildman–Crippen MR) is 106 cm³/mol. The second-order valence-electron chi connectivity index (χ2n) is 7.13. The molecule has 1 atom stereocenters. The summed E-state index contributed by atoms with van der Waals surface area (Å²) in [5.41, 5.74) is 4.11. The lowest BCUT2D eigenvalue weighted by molar-refractivity contribution is -0.124. The number of hydrogen-bond acceptors (Lipinski definition) is 3. The summed E-state index contributed by atoms with van der Waals surface area (Å²) in [6, 6.07) is 12.2. The minimum atomic E-state index is -0.607. The van der Waals surface area contributed by atoms with Crippen LogP contribution in [0.25, 0.3) is 0 Å². The first-order chi connectivity index (χ1) is 12.9. The molecule has 142 valence electrons. The number of hydrogen-bond donors (Lipinski definition) is 3. The number of rotatable bonds is 6. The van der Waals surface area contributed by atoms with Gasteiger partial charge >= 0.3 is 0 Å². The lowest BCUT2D eigenvalue weighted by Crippen LogP contribution is -2.49. The van der Waals surface area contributed by atoms with Crippen molar-refractivity contribution in [1.82, 2.24) is 16.0 Å². The van der Waals surface area contributed by atoms with E-state index in [2.05, 4.69) is 28.1 Å². The van der Waals surface area contributed by atoms with Gasteiger partial charge in [0.1, 0.15) is 6.04 Å². The fraction of sp³-hybridized carbons (Fsp3) is 0.333. The standard InChI is InChI=1S/C21H24ClN3O2/c1-13(2)19(25-20(26)15-5-7-18(22)8-6-15)21(27)24-10-14-3-4-16-11-23-12-17(16)9-14/h3-9,13,19,23H,10-12H2,1-2H3,(H,24,27)(H,25,26). The Balaban J connectivity index is 1.61. The average Bonchev–Trinajstić information content (AvgIpc) is 3.12. The molecule has 0 fully saturated rings. The Bertz CT molecular complexity index is 834. The van der Waals surface area contributed by atoms with Gasteiger partial charge in [0, 0.05) is 30.2 Å². The molecule has 0 saturated carbocycles. The number of carbonyl (C=O) groups excluding carboxylic acids is 2. The fourth-order valence-corrected chi connectivity index (χ4v) is 3.24. The van der Waals surface area contributed by atoms with Crippen molar-refractivity contribution in [3.05, 3.63) is 69.7 Å². The SMILES string of the molecule is CC(C)C(NC(=O)c1ccc(Cl)cc1)C(=O)NCc1ccc2c(c1)CNC2. The molecule has 2 aromatic rings. The summed E-state index contributed by atoms with van der Waals surface area (Å²) >= 11 is 5.86. The Hall–Kier alpha value is -2.37. The van der Waals surface area contributed by atoms with E-state index >= 15 is 0 Å². The third kappa shape index (κ3) is 4.87. The number of fused-ring (bicyclic) bond motifs is 1. The summed E-state index contributed by atoms with van der Waals surface area (Å²) < 4.78 is 0. The maximum atomic E-state index is 12.7. The smallest absolute Gasteiger partial charge is 0.251 e. The quantitative estimate of drug-likeness (QED) is 0.715. The summed E-state index contributed by atoms with van der Waals surface area (Å²) in [5.74, 6) is -0.513. The molecule has 0 aromatic heterocycles. The summed E-state index contributed by atoms with van der Waals surface area (Å²) in [6.45, 7) is 6.02. The molecule has 2 aromatic carbocycles. The molecule has 0 aliphatic carbocycles. The van der Waals surface area contributed by atoms with Crippen LogP contribution in [0.1, 0.15) is 40.9 Å². The van der Waals surface area contributed by atoms with Crippen LogP contribution in [-0.4, -0.2) is 17.9 Å². The molecule has 6 heteroatoms. The van der Waals surface area contributed by atoms with Crippen LogP contribution in [0, 0.1) is 5.92 Å². The van der Waals surface area contributed by atoms with E-state index in [1.807, 2.05) is 19.9 Å². The molecular weight excluding hydrogens is 362 g/mol. The van der Waals surface area contributed by atoms with E-state index in [4.69, 9.17) is 11.6 Å². The van der Waals surface area contributed by atoms with E-state index in [9.17, 15) is 9.59 Å². The molecule has 1 aliphatic heterocycles. The summed E-state index contributed by atoms with van der Waals surface area (Å²) in [6.07, 6.45) is 0. The summed E-state index contributed by atoms with van der Waals surface area (Å²) in [7, 11) is 0. The third-order valence-corrected chi connectivity index (χ3v) is 4.96. The van der Waals surface area contributed by atoms with Crippen molar-refractivity contribution in [3.63, 3.8) is 0 Å². The van der Waals surface area contributed by atoms with Crippen molar-refractivity contribution >= 4 is 23.4 Å².